The van der Waals surface area contributed by atoms with Gasteiger partial charge in [-0.1, -0.05) is 6.92 Å². The highest BCUT2D eigenvalue weighted by Gasteiger charge is 2.10. The molecular weight excluding hydrogens is 244 g/mol. The molecule has 6 heteroatoms. The Balaban J connectivity index is 2.08. The van der Waals surface area contributed by atoms with E-state index in [-0.39, 0.29) is 18.4 Å². The minimum atomic E-state index is -0.255. The molecule has 6 nitrogen and oxygen atoms in total. The lowest BCUT2D eigenvalue weighted by Gasteiger charge is -2.09. The fourth-order valence-electron chi connectivity index (χ4n) is 1.53. The predicted octanol–water partition coefficient (Wildman–Crippen LogP) is 0.625. The largest absolute Gasteiger partial charge is 0.396 e. The van der Waals surface area contributed by atoms with Crippen molar-refractivity contribution in [3.63, 3.8) is 0 Å². The van der Waals surface area contributed by atoms with Crippen molar-refractivity contribution in [1.82, 2.24) is 20.1 Å². The van der Waals surface area contributed by atoms with Gasteiger partial charge in [-0.15, -0.1) is 0 Å². The summed E-state index contributed by atoms with van der Waals surface area (Å²) in [4.78, 5) is 15.9. The van der Waals surface area contributed by atoms with E-state index >= 15 is 0 Å². The van der Waals surface area contributed by atoms with Gasteiger partial charge in [0.2, 0.25) is 0 Å². The number of amides is 1. The number of nitrogens with zero attached hydrogens (tertiary/aromatic N) is 3. The van der Waals surface area contributed by atoms with Crippen LogP contribution in [0.4, 0.5) is 0 Å². The number of pyridine rings is 1. The average molecular weight is 260 g/mol. The molecule has 0 aliphatic rings. The Morgan fingerprint density at radius 3 is 3.05 bits per heavy atom. The number of rotatable bonds is 5. The SMILES string of the molecule is CC(CO)CNC(=O)c1cc(-n2cccn2)ccn1. The van der Waals surface area contributed by atoms with Crippen LogP contribution in [-0.2, 0) is 0 Å². The van der Waals surface area contributed by atoms with E-state index in [9.17, 15) is 4.79 Å². The van der Waals surface area contributed by atoms with Gasteiger partial charge < -0.3 is 10.4 Å². The summed E-state index contributed by atoms with van der Waals surface area (Å²) in [5.41, 5.74) is 1.11. The van der Waals surface area contributed by atoms with Crippen LogP contribution in [0.25, 0.3) is 5.69 Å². The van der Waals surface area contributed by atoms with Crippen LogP contribution in [0, 0.1) is 5.92 Å². The van der Waals surface area contributed by atoms with Gasteiger partial charge in [-0.05, 0) is 24.1 Å². The number of aromatic nitrogens is 3. The summed E-state index contributed by atoms with van der Waals surface area (Å²) in [5, 5.41) is 15.7. The topological polar surface area (TPSA) is 80.0 Å². The first kappa shape index (κ1) is 13.2. The summed E-state index contributed by atoms with van der Waals surface area (Å²) >= 11 is 0. The molecule has 1 unspecified atom stereocenters. The predicted molar refractivity (Wildman–Crippen MR) is 69.9 cm³/mol. The third kappa shape index (κ3) is 3.38. The van der Waals surface area contributed by atoms with E-state index in [1.807, 2.05) is 13.0 Å². The summed E-state index contributed by atoms with van der Waals surface area (Å²) in [5.74, 6) is -0.229. The van der Waals surface area contributed by atoms with Gasteiger partial charge in [0.25, 0.3) is 5.91 Å². The Morgan fingerprint density at radius 2 is 2.37 bits per heavy atom. The maximum atomic E-state index is 11.9. The third-order valence-corrected chi connectivity index (χ3v) is 2.67. The Hall–Kier alpha value is -2.21. The number of carbonyl (C=O) groups excluding carboxylic acids is 1. The minimum absolute atomic E-state index is 0.0262. The van der Waals surface area contributed by atoms with Gasteiger partial charge in [0.05, 0.1) is 5.69 Å². The number of hydrogen-bond donors (Lipinski definition) is 2. The van der Waals surface area contributed by atoms with Crippen LogP contribution in [0.3, 0.4) is 0 Å². The van der Waals surface area contributed by atoms with Crippen molar-refractivity contribution in [3.8, 4) is 5.69 Å². The molecular formula is C13H16N4O2. The quantitative estimate of drug-likeness (QED) is 0.826. The first-order valence-electron chi connectivity index (χ1n) is 6.06. The lowest BCUT2D eigenvalue weighted by Crippen LogP contribution is -2.30. The van der Waals surface area contributed by atoms with Gasteiger partial charge in [0.15, 0.2) is 0 Å². The van der Waals surface area contributed by atoms with E-state index in [4.69, 9.17) is 5.11 Å². The Labute approximate surface area is 111 Å². The van der Waals surface area contributed by atoms with E-state index in [1.165, 1.54) is 0 Å². The normalized spacial score (nSPS) is 12.1. The molecule has 2 rings (SSSR count). The van der Waals surface area contributed by atoms with Gasteiger partial charge in [-0.3, -0.25) is 9.78 Å². The zero-order valence-electron chi connectivity index (χ0n) is 10.7. The molecule has 0 aliphatic carbocycles. The average Bonchev–Trinajstić information content (AvgIpc) is 2.98. The van der Waals surface area contributed by atoms with E-state index in [0.29, 0.717) is 12.2 Å². The van der Waals surface area contributed by atoms with Crippen molar-refractivity contribution in [2.45, 2.75) is 6.92 Å². The molecule has 0 fully saturated rings. The smallest absolute Gasteiger partial charge is 0.269 e. The van der Waals surface area contributed by atoms with Crippen molar-refractivity contribution in [2.24, 2.45) is 5.92 Å². The minimum Gasteiger partial charge on any atom is -0.396 e. The number of hydrogen-bond acceptors (Lipinski definition) is 4. The van der Waals surface area contributed by atoms with Gasteiger partial charge in [0.1, 0.15) is 5.69 Å². The highest BCUT2D eigenvalue weighted by Crippen LogP contribution is 2.07. The molecule has 1 amide bonds. The van der Waals surface area contributed by atoms with Crippen molar-refractivity contribution in [1.29, 1.82) is 0 Å². The number of aliphatic hydroxyl groups excluding tert-OH is 1. The molecule has 100 valence electrons. The summed E-state index contributed by atoms with van der Waals surface area (Å²) in [6.45, 7) is 2.32. The summed E-state index contributed by atoms with van der Waals surface area (Å²) in [6, 6.07) is 5.26. The van der Waals surface area contributed by atoms with Crippen LogP contribution >= 0.6 is 0 Å². The summed E-state index contributed by atoms with van der Waals surface area (Å²) < 4.78 is 1.66. The van der Waals surface area contributed by atoms with Crippen LogP contribution in [0.1, 0.15) is 17.4 Å². The van der Waals surface area contributed by atoms with E-state index in [1.54, 1.807) is 35.4 Å². The zero-order chi connectivity index (χ0) is 13.7. The van der Waals surface area contributed by atoms with Gasteiger partial charge in [0, 0.05) is 31.7 Å². The lowest BCUT2D eigenvalue weighted by atomic mass is 10.2. The number of nitrogens with one attached hydrogen (secondary N) is 1. The molecule has 0 saturated carbocycles. The first-order chi connectivity index (χ1) is 9.20. The van der Waals surface area contributed by atoms with E-state index in [0.717, 1.165) is 5.69 Å². The molecule has 0 aromatic carbocycles. The number of carbonyl (C=O) groups is 1. The molecule has 19 heavy (non-hydrogen) atoms. The first-order valence-corrected chi connectivity index (χ1v) is 6.06. The van der Waals surface area contributed by atoms with Gasteiger partial charge >= 0.3 is 0 Å². The Morgan fingerprint density at radius 1 is 1.53 bits per heavy atom. The second kappa shape index (κ2) is 6.10. The van der Waals surface area contributed by atoms with Crippen molar-refractivity contribution in [2.75, 3.05) is 13.2 Å². The molecule has 0 aliphatic heterocycles. The number of aliphatic hydroxyl groups is 1. The van der Waals surface area contributed by atoms with E-state index < -0.39 is 0 Å². The molecule has 0 saturated heterocycles. The van der Waals surface area contributed by atoms with E-state index in [2.05, 4.69) is 15.4 Å². The van der Waals surface area contributed by atoms with Crippen LogP contribution in [0.2, 0.25) is 0 Å². The molecule has 1 atom stereocenters. The summed E-state index contributed by atoms with van der Waals surface area (Å²) in [7, 11) is 0. The molecule has 0 radical (unpaired) electrons. The monoisotopic (exact) mass is 260 g/mol. The Kier molecular flexibility index (Phi) is 4.25. The van der Waals surface area contributed by atoms with Crippen molar-refractivity contribution >= 4 is 5.91 Å². The lowest BCUT2D eigenvalue weighted by molar-refractivity contribution is 0.0937. The third-order valence-electron chi connectivity index (χ3n) is 2.67. The zero-order valence-corrected chi connectivity index (χ0v) is 10.7. The van der Waals surface area contributed by atoms with Crippen molar-refractivity contribution < 1.29 is 9.90 Å². The maximum Gasteiger partial charge on any atom is 0.269 e. The van der Waals surface area contributed by atoms with Crippen LogP contribution in [0.5, 0.6) is 0 Å². The standard InChI is InChI=1S/C13H16N4O2/c1-10(9-18)8-15-13(19)12-7-11(3-5-14-12)17-6-2-4-16-17/h2-7,10,18H,8-9H2,1H3,(H,15,19). The molecule has 0 spiro atoms. The fourth-order valence-corrected chi connectivity index (χ4v) is 1.53. The highest BCUT2D eigenvalue weighted by atomic mass is 16.3. The Bertz CT molecular complexity index is 539. The van der Waals surface area contributed by atoms with Gasteiger partial charge in [-0.2, -0.15) is 5.10 Å². The van der Waals surface area contributed by atoms with Crippen LogP contribution in [0.15, 0.2) is 36.8 Å². The second-order valence-electron chi connectivity index (χ2n) is 4.35. The molecule has 2 aromatic heterocycles. The van der Waals surface area contributed by atoms with Crippen LogP contribution in [-0.4, -0.2) is 38.9 Å². The summed E-state index contributed by atoms with van der Waals surface area (Å²) in [6.07, 6.45) is 5.04. The van der Waals surface area contributed by atoms with Gasteiger partial charge in [-0.25, -0.2) is 4.68 Å². The van der Waals surface area contributed by atoms with Crippen molar-refractivity contribution in [3.05, 3.63) is 42.5 Å². The molecule has 2 aromatic rings. The fraction of sp³-hybridized carbons (Fsp3) is 0.308. The highest BCUT2D eigenvalue weighted by molar-refractivity contribution is 5.92. The second-order valence-corrected chi connectivity index (χ2v) is 4.35. The van der Waals surface area contributed by atoms with Crippen LogP contribution < -0.4 is 5.32 Å². The molecule has 2 heterocycles. The maximum absolute atomic E-state index is 11.9. The molecule has 2 N–H and O–H groups in total. The molecule has 0 bridgehead atoms.